The highest BCUT2D eigenvalue weighted by atomic mass is 35.5. The predicted molar refractivity (Wildman–Crippen MR) is 86.3 cm³/mol. The number of amidine groups is 1. The minimum Gasteiger partial charge on any atom is -0.358 e. The summed E-state index contributed by atoms with van der Waals surface area (Å²) < 4.78 is 0. The lowest BCUT2D eigenvalue weighted by Gasteiger charge is -2.17. The molecule has 6 nitrogen and oxygen atoms in total. The lowest BCUT2D eigenvalue weighted by molar-refractivity contribution is -0.126. The number of aliphatic imine (C=N–C) groups is 1. The molecule has 0 saturated carbocycles. The zero-order valence-corrected chi connectivity index (χ0v) is 13.8. The van der Waals surface area contributed by atoms with Crippen LogP contribution in [0.3, 0.4) is 0 Å². The summed E-state index contributed by atoms with van der Waals surface area (Å²) in [7, 11) is 3.71. The number of hydrogen-bond acceptors (Lipinski definition) is 4. The highest BCUT2D eigenvalue weighted by Crippen LogP contribution is 2.07. The van der Waals surface area contributed by atoms with E-state index in [0.29, 0.717) is 23.4 Å². The van der Waals surface area contributed by atoms with Crippen LogP contribution in [-0.2, 0) is 11.3 Å². The van der Waals surface area contributed by atoms with Crippen molar-refractivity contribution in [2.45, 2.75) is 26.3 Å². The van der Waals surface area contributed by atoms with Crippen LogP contribution in [0.4, 0.5) is 0 Å². The van der Waals surface area contributed by atoms with Crippen molar-refractivity contribution in [2.75, 3.05) is 20.6 Å². The molecule has 0 radical (unpaired) electrons. The molecule has 0 atom stereocenters. The number of aromatic nitrogens is 1. The second-order valence-electron chi connectivity index (χ2n) is 5.02. The van der Waals surface area contributed by atoms with E-state index in [9.17, 15) is 4.79 Å². The molecule has 0 unspecified atom stereocenters. The predicted octanol–water partition coefficient (Wildman–Crippen LogP) is 2.30. The van der Waals surface area contributed by atoms with Crippen LogP contribution in [0.15, 0.2) is 23.3 Å². The van der Waals surface area contributed by atoms with Crippen LogP contribution < -0.4 is 0 Å². The quantitative estimate of drug-likeness (QED) is 0.362. The average Bonchev–Trinajstić information content (AvgIpc) is 2.86. The highest BCUT2D eigenvalue weighted by molar-refractivity contribution is 6.29. The third-order valence-corrected chi connectivity index (χ3v) is 3.51. The van der Waals surface area contributed by atoms with E-state index >= 15 is 0 Å². The van der Waals surface area contributed by atoms with E-state index in [2.05, 4.69) is 9.98 Å². The van der Waals surface area contributed by atoms with Gasteiger partial charge in [-0.3, -0.25) is 4.79 Å². The number of nitrogens with zero attached hydrogens (tertiary/aromatic N) is 5. The molecular formula is C15H20ClN5O. The molecule has 1 aromatic rings. The third kappa shape index (κ3) is 6.10. The van der Waals surface area contributed by atoms with Gasteiger partial charge in [0.2, 0.25) is 12.1 Å². The molecule has 0 bridgehead atoms. The maximum atomic E-state index is 10.5. The molecule has 22 heavy (non-hydrogen) atoms. The first-order valence-electron chi connectivity index (χ1n) is 6.93. The second-order valence-corrected chi connectivity index (χ2v) is 5.41. The van der Waals surface area contributed by atoms with E-state index in [1.165, 1.54) is 0 Å². The van der Waals surface area contributed by atoms with Gasteiger partial charge in [0.05, 0.1) is 0 Å². The Morgan fingerprint density at radius 2 is 2.32 bits per heavy atom. The first-order valence-corrected chi connectivity index (χ1v) is 7.30. The van der Waals surface area contributed by atoms with Gasteiger partial charge in [0, 0.05) is 39.8 Å². The fourth-order valence-corrected chi connectivity index (χ4v) is 1.94. The fourth-order valence-electron chi connectivity index (χ4n) is 1.83. The minimum atomic E-state index is 0.292. The third-order valence-electron chi connectivity index (χ3n) is 3.28. The highest BCUT2D eigenvalue weighted by Gasteiger charge is 2.14. The van der Waals surface area contributed by atoms with Crippen molar-refractivity contribution in [1.29, 1.82) is 5.26 Å². The Hall–Kier alpha value is -2.13. The number of hydrogen-bond donors (Lipinski definition) is 0. The molecule has 0 aliphatic carbocycles. The summed E-state index contributed by atoms with van der Waals surface area (Å²) in [5, 5.41) is 8.87. The smallest absolute Gasteiger partial charge is 0.222 e. The van der Waals surface area contributed by atoms with Crippen molar-refractivity contribution < 1.29 is 4.79 Å². The van der Waals surface area contributed by atoms with Crippen molar-refractivity contribution in [1.82, 2.24) is 14.8 Å². The summed E-state index contributed by atoms with van der Waals surface area (Å²) in [6, 6.07) is 3.63. The molecule has 1 aliphatic rings. The zero-order chi connectivity index (χ0) is 16.5. The maximum absolute atomic E-state index is 10.5. The Labute approximate surface area is 136 Å². The van der Waals surface area contributed by atoms with E-state index < -0.39 is 0 Å². The molecule has 1 amide bonds. The molecule has 1 saturated heterocycles. The summed E-state index contributed by atoms with van der Waals surface area (Å²) in [6.07, 6.45) is 5.27. The Morgan fingerprint density at radius 3 is 2.73 bits per heavy atom. The van der Waals surface area contributed by atoms with Gasteiger partial charge < -0.3 is 9.80 Å². The first-order chi connectivity index (χ1) is 10.4. The first kappa shape index (κ1) is 17.9. The van der Waals surface area contributed by atoms with Gasteiger partial charge in [0.1, 0.15) is 11.0 Å². The number of carbonyl (C=O) groups is 1. The van der Waals surface area contributed by atoms with Gasteiger partial charge in [0.25, 0.3) is 0 Å². The van der Waals surface area contributed by atoms with Crippen LogP contribution in [0.5, 0.6) is 0 Å². The number of carbonyl (C=O) groups excluding carboxylic acids is 1. The number of nitriles is 1. The summed E-state index contributed by atoms with van der Waals surface area (Å²) >= 11 is 5.67. The number of halogens is 1. The average molecular weight is 322 g/mol. The molecule has 1 fully saturated rings. The molecule has 2 rings (SSSR count). The minimum absolute atomic E-state index is 0.292. The fraction of sp³-hybridized carbons (Fsp3) is 0.467. The van der Waals surface area contributed by atoms with Gasteiger partial charge >= 0.3 is 0 Å². The topological polar surface area (TPSA) is 72.6 Å². The van der Waals surface area contributed by atoms with E-state index in [4.69, 9.17) is 16.9 Å². The van der Waals surface area contributed by atoms with Gasteiger partial charge in [-0.2, -0.15) is 10.3 Å². The van der Waals surface area contributed by atoms with Crippen LogP contribution in [0.1, 0.15) is 25.3 Å². The van der Waals surface area contributed by atoms with Crippen LogP contribution in [-0.4, -0.2) is 47.2 Å². The van der Waals surface area contributed by atoms with Crippen molar-refractivity contribution in [3.63, 3.8) is 0 Å². The van der Waals surface area contributed by atoms with Crippen molar-refractivity contribution in [2.24, 2.45) is 4.99 Å². The second kappa shape index (κ2) is 9.00. The monoisotopic (exact) mass is 321 g/mol. The molecular weight excluding hydrogens is 302 g/mol. The zero-order valence-electron chi connectivity index (χ0n) is 13.1. The van der Waals surface area contributed by atoms with Crippen LogP contribution in [0.2, 0.25) is 5.15 Å². The lowest BCUT2D eigenvalue weighted by atomic mass is 10.3. The largest absolute Gasteiger partial charge is 0.358 e. The van der Waals surface area contributed by atoms with Gasteiger partial charge in [-0.15, -0.1) is 0 Å². The summed E-state index contributed by atoms with van der Waals surface area (Å²) in [5.41, 5.74) is 1.02. The van der Waals surface area contributed by atoms with E-state index in [0.717, 1.165) is 24.9 Å². The molecule has 2 heterocycles. The lowest BCUT2D eigenvalue weighted by Crippen LogP contribution is -2.23. The summed E-state index contributed by atoms with van der Waals surface area (Å²) in [5.74, 6) is 0.965. The van der Waals surface area contributed by atoms with Crippen molar-refractivity contribution >= 4 is 23.3 Å². The maximum Gasteiger partial charge on any atom is 0.222 e. The molecule has 0 N–H and O–H groups in total. The van der Waals surface area contributed by atoms with E-state index in [1.807, 2.05) is 25.1 Å². The molecule has 0 spiro atoms. The standard InChI is InChI=1S/C10H11ClN4.C5H9NO/c1-8(14-7-12)15(2)6-9-3-4-10(11)13-5-9;1-6-4-2-3-5(6)7/h3-5H,6H2,1-2H3;2-4H2,1H3. The normalized spacial score (nSPS) is 14.2. The summed E-state index contributed by atoms with van der Waals surface area (Å²) in [4.78, 5) is 21.7. The molecule has 1 aromatic heterocycles. The van der Waals surface area contributed by atoms with E-state index in [1.54, 1.807) is 30.3 Å². The number of rotatable bonds is 2. The van der Waals surface area contributed by atoms with Gasteiger partial charge in [-0.1, -0.05) is 17.7 Å². The van der Waals surface area contributed by atoms with Crippen LogP contribution in [0, 0.1) is 11.5 Å². The van der Waals surface area contributed by atoms with Crippen LogP contribution in [0.25, 0.3) is 0 Å². The Kier molecular flexibility index (Phi) is 7.33. The Bertz CT molecular complexity index is 564. The Balaban J connectivity index is 0.000000287. The number of likely N-dealkylation sites (tertiary alicyclic amines) is 1. The van der Waals surface area contributed by atoms with Gasteiger partial charge in [-0.25, -0.2) is 4.98 Å². The van der Waals surface area contributed by atoms with Crippen LogP contribution >= 0.6 is 11.6 Å². The van der Waals surface area contributed by atoms with E-state index in [-0.39, 0.29) is 0 Å². The van der Waals surface area contributed by atoms with Gasteiger partial charge in [-0.05, 0) is 25.0 Å². The van der Waals surface area contributed by atoms with Crippen molar-refractivity contribution in [3.05, 3.63) is 29.0 Å². The van der Waals surface area contributed by atoms with Crippen molar-refractivity contribution in [3.8, 4) is 6.19 Å². The molecule has 0 aromatic carbocycles. The van der Waals surface area contributed by atoms with Gasteiger partial charge in [0.15, 0.2) is 0 Å². The number of pyridine rings is 1. The Morgan fingerprint density at radius 1 is 1.59 bits per heavy atom. The molecule has 7 heteroatoms. The molecule has 1 aliphatic heterocycles. The number of amides is 1. The SMILES string of the molecule is CC(=NC#N)N(C)Cc1ccc(Cl)nc1.CN1CCCC1=O. The molecule has 118 valence electrons. The summed E-state index contributed by atoms with van der Waals surface area (Å²) in [6.45, 7) is 3.40.